The van der Waals surface area contributed by atoms with E-state index in [0.717, 1.165) is 0 Å². The summed E-state index contributed by atoms with van der Waals surface area (Å²) >= 11 is 0. The van der Waals surface area contributed by atoms with Gasteiger partial charge in [0.25, 0.3) is 5.69 Å². The number of hydrogen-bond donors (Lipinski definition) is 0. The Balaban J connectivity index is 3.45. The molecule has 0 aliphatic rings. The van der Waals surface area contributed by atoms with E-state index in [-0.39, 0.29) is 17.0 Å². The second kappa shape index (κ2) is 4.08. The minimum absolute atomic E-state index is 0.0986. The summed E-state index contributed by atoms with van der Waals surface area (Å²) in [4.78, 5) is 21.3. The number of non-ortho nitro benzene ring substituents is 1. The van der Waals surface area contributed by atoms with Crippen LogP contribution in [0.4, 0.5) is 5.69 Å². The van der Waals surface area contributed by atoms with Crippen molar-refractivity contribution in [1.82, 2.24) is 0 Å². The third-order valence-corrected chi connectivity index (χ3v) is 2.05. The number of nitro groups is 1. The Kier molecular flexibility index (Phi) is 3.04. The zero-order valence-electron chi connectivity index (χ0n) is 8.73. The van der Waals surface area contributed by atoms with Crippen LogP contribution in [0.2, 0.25) is 0 Å². The minimum Gasteiger partial charge on any atom is -0.496 e. The fourth-order valence-corrected chi connectivity index (χ4v) is 1.39. The van der Waals surface area contributed by atoms with Gasteiger partial charge in [-0.25, -0.2) is 0 Å². The Hall–Kier alpha value is -1.91. The number of ketones is 1. The van der Waals surface area contributed by atoms with Crippen molar-refractivity contribution in [1.29, 1.82) is 0 Å². The van der Waals surface area contributed by atoms with E-state index in [2.05, 4.69) is 0 Å². The lowest BCUT2D eigenvalue weighted by Crippen LogP contribution is -2.01. The molecule has 15 heavy (non-hydrogen) atoms. The monoisotopic (exact) mass is 209 g/mol. The molecule has 0 aromatic heterocycles. The maximum absolute atomic E-state index is 11.2. The zero-order chi connectivity index (χ0) is 11.6. The molecule has 80 valence electrons. The zero-order valence-corrected chi connectivity index (χ0v) is 8.73. The number of ether oxygens (including phenoxy) is 1. The first-order valence-electron chi connectivity index (χ1n) is 4.31. The summed E-state index contributed by atoms with van der Waals surface area (Å²) in [6.07, 6.45) is 0. The summed E-state index contributed by atoms with van der Waals surface area (Å²) in [6, 6.07) is 2.61. The molecule has 0 fully saturated rings. The number of rotatable bonds is 3. The van der Waals surface area contributed by atoms with Gasteiger partial charge in [-0.05, 0) is 19.4 Å². The number of nitrogens with zero attached hydrogens (tertiary/aromatic N) is 1. The molecular formula is C10H11NO4. The molecule has 0 spiro atoms. The Morgan fingerprint density at radius 2 is 2.07 bits per heavy atom. The van der Waals surface area contributed by atoms with E-state index < -0.39 is 4.92 Å². The number of nitro benzene ring substituents is 1. The van der Waals surface area contributed by atoms with Crippen molar-refractivity contribution in [3.05, 3.63) is 33.4 Å². The van der Waals surface area contributed by atoms with Crippen LogP contribution in [-0.4, -0.2) is 17.8 Å². The molecule has 0 aliphatic heterocycles. The van der Waals surface area contributed by atoms with Crippen LogP contribution < -0.4 is 4.74 Å². The second-order valence-electron chi connectivity index (χ2n) is 3.16. The van der Waals surface area contributed by atoms with Crippen LogP contribution in [0.5, 0.6) is 5.75 Å². The Labute approximate surface area is 86.8 Å². The lowest BCUT2D eigenvalue weighted by molar-refractivity contribution is -0.384. The smallest absolute Gasteiger partial charge is 0.270 e. The largest absolute Gasteiger partial charge is 0.496 e. The first kappa shape index (κ1) is 11.2. The summed E-state index contributed by atoms with van der Waals surface area (Å²) in [5.41, 5.74) is 0.722. The molecule has 0 amide bonds. The Morgan fingerprint density at radius 1 is 1.47 bits per heavy atom. The normalized spacial score (nSPS) is 9.80. The van der Waals surface area contributed by atoms with Crippen LogP contribution in [0, 0.1) is 17.0 Å². The molecule has 1 rings (SSSR count). The molecule has 0 atom stereocenters. The number of benzene rings is 1. The number of methoxy groups -OCH3 is 1. The number of aryl methyl sites for hydroxylation is 1. The van der Waals surface area contributed by atoms with Gasteiger partial charge in [0.05, 0.1) is 17.6 Å². The van der Waals surface area contributed by atoms with E-state index in [0.29, 0.717) is 11.3 Å². The minimum atomic E-state index is -0.529. The fourth-order valence-electron chi connectivity index (χ4n) is 1.39. The van der Waals surface area contributed by atoms with E-state index in [1.165, 1.54) is 26.2 Å². The maximum atomic E-state index is 11.2. The van der Waals surface area contributed by atoms with Crippen LogP contribution in [0.25, 0.3) is 0 Å². The molecule has 0 saturated carbocycles. The molecule has 0 heterocycles. The molecule has 1 aromatic rings. The summed E-state index contributed by atoms with van der Waals surface area (Å²) in [6.45, 7) is 3.01. The van der Waals surface area contributed by atoms with Crippen LogP contribution >= 0.6 is 0 Å². The van der Waals surface area contributed by atoms with Gasteiger partial charge in [0.1, 0.15) is 5.75 Å². The molecular weight excluding hydrogens is 198 g/mol. The molecule has 0 N–H and O–H groups in total. The topological polar surface area (TPSA) is 69.4 Å². The molecule has 5 nitrogen and oxygen atoms in total. The first-order valence-corrected chi connectivity index (χ1v) is 4.31. The molecule has 0 bridgehead atoms. The molecule has 5 heteroatoms. The Bertz CT molecular complexity index is 426. The number of carbonyl (C=O) groups is 1. The number of Topliss-reactive ketones (excluding diaryl/α,β-unsaturated/α-hetero) is 1. The highest BCUT2D eigenvalue weighted by atomic mass is 16.6. The first-order chi connectivity index (χ1) is 6.97. The van der Waals surface area contributed by atoms with Crippen molar-refractivity contribution in [3.63, 3.8) is 0 Å². The Morgan fingerprint density at radius 3 is 2.47 bits per heavy atom. The molecule has 0 radical (unpaired) electrons. The van der Waals surface area contributed by atoms with Crippen LogP contribution in [0.15, 0.2) is 12.1 Å². The highest BCUT2D eigenvalue weighted by Crippen LogP contribution is 2.28. The fraction of sp³-hybridized carbons (Fsp3) is 0.300. The lowest BCUT2D eigenvalue weighted by atomic mass is 10.1. The second-order valence-corrected chi connectivity index (χ2v) is 3.16. The van der Waals surface area contributed by atoms with Crippen molar-refractivity contribution in [2.24, 2.45) is 0 Å². The van der Waals surface area contributed by atoms with Crippen LogP contribution in [-0.2, 0) is 0 Å². The van der Waals surface area contributed by atoms with Gasteiger partial charge in [0.15, 0.2) is 5.78 Å². The van der Waals surface area contributed by atoms with Gasteiger partial charge in [-0.2, -0.15) is 0 Å². The summed E-state index contributed by atoms with van der Waals surface area (Å²) < 4.78 is 5.03. The summed E-state index contributed by atoms with van der Waals surface area (Å²) in [7, 11) is 1.43. The van der Waals surface area contributed by atoms with Gasteiger partial charge in [-0.15, -0.1) is 0 Å². The van der Waals surface area contributed by atoms with Gasteiger partial charge in [0, 0.05) is 12.1 Å². The van der Waals surface area contributed by atoms with Crippen molar-refractivity contribution >= 4 is 11.5 Å². The lowest BCUT2D eigenvalue weighted by Gasteiger charge is -2.08. The highest BCUT2D eigenvalue weighted by molar-refractivity contribution is 5.98. The van der Waals surface area contributed by atoms with E-state index in [4.69, 9.17) is 4.74 Å². The standard InChI is InChI=1S/C10H11NO4/c1-6-4-8(11(13)14)5-9(7(2)12)10(6)15-3/h4-5H,1-3H3. The van der Waals surface area contributed by atoms with E-state index in [9.17, 15) is 14.9 Å². The summed E-state index contributed by atoms with van der Waals surface area (Å²) in [5, 5.41) is 10.6. The third kappa shape index (κ3) is 2.12. The molecule has 1 aromatic carbocycles. The van der Waals surface area contributed by atoms with Crippen molar-refractivity contribution in [2.75, 3.05) is 7.11 Å². The van der Waals surface area contributed by atoms with Crippen molar-refractivity contribution in [3.8, 4) is 5.75 Å². The number of hydrogen-bond acceptors (Lipinski definition) is 4. The van der Waals surface area contributed by atoms with Crippen LogP contribution in [0.3, 0.4) is 0 Å². The van der Waals surface area contributed by atoms with Crippen molar-refractivity contribution < 1.29 is 14.5 Å². The predicted octanol–water partition coefficient (Wildman–Crippen LogP) is 2.11. The third-order valence-electron chi connectivity index (χ3n) is 2.05. The average Bonchev–Trinajstić information content (AvgIpc) is 2.16. The maximum Gasteiger partial charge on any atom is 0.270 e. The summed E-state index contributed by atoms with van der Waals surface area (Å²) in [5.74, 6) is 0.145. The van der Waals surface area contributed by atoms with Gasteiger partial charge < -0.3 is 4.74 Å². The van der Waals surface area contributed by atoms with Gasteiger partial charge >= 0.3 is 0 Å². The highest BCUT2D eigenvalue weighted by Gasteiger charge is 2.17. The van der Waals surface area contributed by atoms with E-state index in [1.54, 1.807) is 6.92 Å². The van der Waals surface area contributed by atoms with E-state index >= 15 is 0 Å². The molecule has 0 aliphatic carbocycles. The SMILES string of the molecule is COc1c(C)cc([N+](=O)[O-])cc1C(C)=O. The van der Waals surface area contributed by atoms with Crippen molar-refractivity contribution in [2.45, 2.75) is 13.8 Å². The molecule has 0 saturated heterocycles. The van der Waals surface area contributed by atoms with Gasteiger partial charge in [-0.1, -0.05) is 0 Å². The van der Waals surface area contributed by atoms with E-state index in [1.807, 2.05) is 0 Å². The van der Waals surface area contributed by atoms with Gasteiger partial charge in [0.2, 0.25) is 0 Å². The van der Waals surface area contributed by atoms with Crippen LogP contribution in [0.1, 0.15) is 22.8 Å². The number of carbonyl (C=O) groups excluding carboxylic acids is 1. The predicted molar refractivity (Wildman–Crippen MR) is 54.4 cm³/mol. The molecule has 0 unspecified atom stereocenters. The quantitative estimate of drug-likeness (QED) is 0.434. The van der Waals surface area contributed by atoms with Gasteiger partial charge in [-0.3, -0.25) is 14.9 Å². The average molecular weight is 209 g/mol.